The molecule has 0 aliphatic heterocycles. The van der Waals surface area contributed by atoms with Crippen molar-refractivity contribution in [3.63, 3.8) is 0 Å². The van der Waals surface area contributed by atoms with E-state index in [4.69, 9.17) is 25.8 Å². The van der Waals surface area contributed by atoms with Gasteiger partial charge in [-0.25, -0.2) is 0 Å². The van der Waals surface area contributed by atoms with Gasteiger partial charge < -0.3 is 24.8 Å². The Morgan fingerprint density at radius 2 is 1.62 bits per heavy atom. The van der Waals surface area contributed by atoms with E-state index in [0.717, 1.165) is 5.56 Å². The van der Waals surface area contributed by atoms with Gasteiger partial charge in [-0.05, 0) is 48.9 Å². The van der Waals surface area contributed by atoms with E-state index in [2.05, 4.69) is 10.6 Å². The number of carbonyl (C=O) groups is 2. The van der Waals surface area contributed by atoms with E-state index >= 15 is 0 Å². The summed E-state index contributed by atoms with van der Waals surface area (Å²) in [6, 6.07) is 12.1. The van der Waals surface area contributed by atoms with Crippen LogP contribution in [0.2, 0.25) is 5.02 Å². The number of nitrogens with one attached hydrogen (secondary N) is 2. The fourth-order valence-corrected chi connectivity index (χ4v) is 2.67. The Kier molecular flexibility index (Phi) is 8.61. The first kappa shape index (κ1) is 22.4. The van der Waals surface area contributed by atoms with Crippen LogP contribution < -0.4 is 24.8 Å². The van der Waals surface area contributed by atoms with Crippen LogP contribution in [0.15, 0.2) is 42.5 Å². The molecule has 156 valence electrons. The lowest BCUT2D eigenvalue weighted by atomic mass is 10.1. The Bertz CT molecular complexity index is 826. The molecule has 2 aromatic carbocycles. The van der Waals surface area contributed by atoms with Crippen molar-refractivity contribution < 1.29 is 23.8 Å². The summed E-state index contributed by atoms with van der Waals surface area (Å²) < 4.78 is 16.0. The zero-order chi connectivity index (χ0) is 21.2. The Balaban J connectivity index is 1.70. The Labute approximate surface area is 175 Å². The van der Waals surface area contributed by atoms with Gasteiger partial charge in [0.2, 0.25) is 5.91 Å². The second-order valence-electron chi connectivity index (χ2n) is 6.22. The number of benzene rings is 2. The van der Waals surface area contributed by atoms with E-state index in [1.54, 1.807) is 63.6 Å². The van der Waals surface area contributed by atoms with Crippen LogP contribution in [-0.2, 0) is 16.0 Å². The van der Waals surface area contributed by atoms with Crippen molar-refractivity contribution in [2.45, 2.75) is 19.4 Å². The summed E-state index contributed by atoms with van der Waals surface area (Å²) in [7, 11) is 3.10. The lowest BCUT2D eigenvalue weighted by Crippen LogP contribution is -2.41. The van der Waals surface area contributed by atoms with Crippen molar-refractivity contribution >= 4 is 23.4 Å². The van der Waals surface area contributed by atoms with Gasteiger partial charge in [0, 0.05) is 18.1 Å². The average Bonchev–Trinajstić information content (AvgIpc) is 2.72. The van der Waals surface area contributed by atoms with Gasteiger partial charge in [-0.2, -0.15) is 0 Å². The van der Waals surface area contributed by atoms with Crippen LogP contribution in [0, 0.1) is 0 Å². The first-order chi connectivity index (χ1) is 13.9. The number of ether oxygens (including phenoxy) is 3. The molecule has 1 unspecified atom stereocenters. The lowest BCUT2D eigenvalue weighted by Gasteiger charge is -2.15. The molecule has 8 heteroatoms. The third-order valence-corrected chi connectivity index (χ3v) is 4.31. The summed E-state index contributed by atoms with van der Waals surface area (Å²) in [4.78, 5) is 24.2. The molecule has 0 spiro atoms. The molecule has 0 aliphatic carbocycles. The maximum absolute atomic E-state index is 12.1. The van der Waals surface area contributed by atoms with Crippen LogP contribution in [0.4, 0.5) is 0 Å². The number of hydrogen-bond donors (Lipinski definition) is 2. The minimum Gasteiger partial charge on any atom is -0.493 e. The van der Waals surface area contributed by atoms with Gasteiger partial charge in [-0.15, -0.1) is 0 Å². The molecular weight excluding hydrogens is 396 g/mol. The summed E-state index contributed by atoms with van der Waals surface area (Å²) in [6.07, 6.45) is -0.469. The second kappa shape index (κ2) is 11.2. The smallest absolute Gasteiger partial charge is 0.260 e. The SMILES string of the molecule is COc1ccc(CC(=O)NCCNC(=O)C(C)Oc2ccc(Cl)cc2)cc1OC. The number of hydrogen-bond acceptors (Lipinski definition) is 5. The monoisotopic (exact) mass is 420 g/mol. The molecule has 2 amide bonds. The summed E-state index contributed by atoms with van der Waals surface area (Å²) in [5.74, 6) is 1.31. The zero-order valence-electron chi connectivity index (χ0n) is 16.7. The first-order valence-corrected chi connectivity index (χ1v) is 9.48. The Morgan fingerprint density at radius 3 is 2.28 bits per heavy atom. The fourth-order valence-electron chi connectivity index (χ4n) is 2.54. The van der Waals surface area contributed by atoms with Crippen molar-refractivity contribution in [1.82, 2.24) is 10.6 Å². The van der Waals surface area contributed by atoms with E-state index in [-0.39, 0.29) is 18.2 Å². The predicted molar refractivity (Wildman–Crippen MR) is 111 cm³/mol. The van der Waals surface area contributed by atoms with Crippen LogP contribution >= 0.6 is 11.6 Å². The topological polar surface area (TPSA) is 85.9 Å². The number of carbonyl (C=O) groups excluding carboxylic acids is 2. The zero-order valence-corrected chi connectivity index (χ0v) is 17.4. The van der Waals surface area contributed by atoms with E-state index in [1.807, 2.05) is 0 Å². The van der Waals surface area contributed by atoms with E-state index < -0.39 is 6.10 Å². The molecule has 2 rings (SSSR count). The molecule has 29 heavy (non-hydrogen) atoms. The van der Waals surface area contributed by atoms with Crippen LogP contribution in [0.1, 0.15) is 12.5 Å². The van der Waals surface area contributed by atoms with Gasteiger partial charge in [0.25, 0.3) is 5.91 Å². The quantitative estimate of drug-likeness (QED) is 0.577. The summed E-state index contributed by atoms with van der Waals surface area (Å²) in [5, 5.41) is 6.09. The molecule has 7 nitrogen and oxygen atoms in total. The highest BCUT2D eigenvalue weighted by molar-refractivity contribution is 6.30. The number of amides is 2. The average molecular weight is 421 g/mol. The lowest BCUT2D eigenvalue weighted by molar-refractivity contribution is -0.127. The predicted octanol–water partition coefficient (Wildman–Crippen LogP) is 2.60. The first-order valence-electron chi connectivity index (χ1n) is 9.10. The Morgan fingerprint density at radius 1 is 0.966 bits per heavy atom. The molecule has 0 aliphatic rings. The van der Waals surface area contributed by atoms with Gasteiger partial charge in [0.05, 0.1) is 20.6 Å². The number of rotatable bonds is 10. The molecule has 2 N–H and O–H groups in total. The maximum atomic E-state index is 12.1. The summed E-state index contributed by atoms with van der Waals surface area (Å²) >= 11 is 5.82. The van der Waals surface area contributed by atoms with Gasteiger partial charge in [-0.3, -0.25) is 9.59 Å². The highest BCUT2D eigenvalue weighted by atomic mass is 35.5. The van der Waals surface area contributed by atoms with Gasteiger partial charge in [0.15, 0.2) is 17.6 Å². The van der Waals surface area contributed by atoms with Gasteiger partial charge in [0.1, 0.15) is 5.75 Å². The van der Waals surface area contributed by atoms with Crippen LogP contribution in [-0.4, -0.2) is 45.2 Å². The minimum atomic E-state index is -0.668. The van der Waals surface area contributed by atoms with Crippen molar-refractivity contribution in [3.05, 3.63) is 53.1 Å². The highest BCUT2D eigenvalue weighted by Crippen LogP contribution is 2.27. The standard InChI is InChI=1S/C21H25ClN2O5/c1-14(29-17-7-5-16(22)6-8-17)21(26)24-11-10-23-20(25)13-15-4-9-18(27-2)19(12-15)28-3/h4-9,12,14H,10-11,13H2,1-3H3,(H,23,25)(H,24,26). The summed E-state index contributed by atoms with van der Waals surface area (Å²) in [6.45, 7) is 2.26. The molecule has 0 aromatic heterocycles. The van der Waals surface area contributed by atoms with Crippen LogP contribution in [0.3, 0.4) is 0 Å². The normalized spacial score (nSPS) is 11.3. The van der Waals surface area contributed by atoms with Gasteiger partial charge >= 0.3 is 0 Å². The van der Waals surface area contributed by atoms with Crippen LogP contribution in [0.5, 0.6) is 17.2 Å². The molecule has 2 aromatic rings. The fraction of sp³-hybridized carbons (Fsp3) is 0.333. The molecule has 0 saturated heterocycles. The molecule has 0 saturated carbocycles. The molecular formula is C21H25ClN2O5. The number of methoxy groups -OCH3 is 2. The molecule has 0 radical (unpaired) electrons. The highest BCUT2D eigenvalue weighted by Gasteiger charge is 2.14. The minimum absolute atomic E-state index is 0.156. The summed E-state index contributed by atoms with van der Waals surface area (Å²) in [5.41, 5.74) is 0.800. The van der Waals surface area contributed by atoms with E-state index in [0.29, 0.717) is 35.4 Å². The van der Waals surface area contributed by atoms with Crippen molar-refractivity contribution in [2.24, 2.45) is 0 Å². The second-order valence-corrected chi connectivity index (χ2v) is 6.66. The molecule has 0 bridgehead atoms. The van der Waals surface area contributed by atoms with Crippen molar-refractivity contribution in [2.75, 3.05) is 27.3 Å². The Hall–Kier alpha value is -2.93. The van der Waals surface area contributed by atoms with Crippen molar-refractivity contribution in [1.29, 1.82) is 0 Å². The molecule has 1 atom stereocenters. The van der Waals surface area contributed by atoms with E-state index in [1.165, 1.54) is 0 Å². The van der Waals surface area contributed by atoms with Crippen molar-refractivity contribution in [3.8, 4) is 17.2 Å². The molecule has 0 fully saturated rings. The maximum Gasteiger partial charge on any atom is 0.260 e. The van der Waals surface area contributed by atoms with E-state index in [9.17, 15) is 9.59 Å². The third-order valence-electron chi connectivity index (χ3n) is 4.05. The van der Waals surface area contributed by atoms with Gasteiger partial charge in [-0.1, -0.05) is 17.7 Å². The largest absolute Gasteiger partial charge is 0.493 e. The molecule has 0 heterocycles. The number of halogens is 1. The van der Waals surface area contributed by atoms with Crippen LogP contribution in [0.25, 0.3) is 0 Å². The third kappa shape index (κ3) is 7.19.